The van der Waals surface area contributed by atoms with E-state index < -0.39 is 6.10 Å². The minimum atomic E-state index is -0.630. The molecule has 1 unspecified atom stereocenters. The van der Waals surface area contributed by atoms with Gasteiger partial charge in [-0.3, -0.25) is 4.79 Å². The fourth-order valence-corrected chi connectivity index (χ4v) is 3.53. The predicted octanol–water partition coefficient (Wildman–Crippen LogP) is 6.42. The summed E-state index contributed by atoms with van der Waals surface area (Å²) in [5, 5.41) is 6.19. The number of carbonyl (C=O) groups is 1. The van der Waals surface area contributed by atoms with Crippen LogP contribution in [0.5, 0.6) is 5.75 Å². The number of aromatic nitrogens is 2. The summed E-state index contributed by atoms with van der Waals surface area (Å²) in [5.41, 5.74) is 4.49. The Morgan fingerprint density at radius 1 is 0.824 bits per heavy atom. The summed E-state index contributed by atoms with van der Waals surface area (Å²) < 4.78 is 5.95. The predicted molar refractivity (Wildman–Crippen MR) is 136 cm³/mol. The number of nitrogens with zero attached hydrogens (tertiary/aromatic N) is 2. The first-order chi connectivity index (χ1) is 16.5. The van der Waals surface area contributed by atoms with Crippen LogP contribution in [0.2, 0.25) is 0 Å². The smallest absolute Gasteiger partial charge is 0.265 e. The van der Waals surface area contributed by atoms with E-state index in [1.165, 1.54) is 6.33 Å². The van der Waals surface area contributed by atoms with E-state index in [0.29, 0.717) is 17.4 Å². The van der Waals surface area contributed by atoms with Crippen LogP contribution in [0.25, 0.3) is 11.3 Å². The van der Waals surface area contributed by atoms with Gasteiger partial charge in [-0.15, -0.1) is 0 Å². The Bertz CT molecular complexity index is 1240. The van der Waals surface area contributed by atoms with Crippen LogP contribution >= 0.6 is 0 Å². The lowest BCUT2D eigenvalue weighted by Gasteiger charge is -2.18. The normalized spacial score (nSPS) is 11.6. The van der Waals surface area contributed by atoms with Gasteiger partial charge in [0, 0.05) is 23.0 Å². The van der Waals surface area contributed by atoms with E-state index in [2.05, 4.69) is 34.4 Å². The van der Waals surface area contributed by atoms with Crippen molar-refractivity contribution in [3.63, 3.8) is 0 Å². The van der Waals surface area contributed by atoms with Crippen molar-refractivity contribution < 1.29 is 9.53 Å². The Morgan fingerprint density at radius 3 is 2.24 bits per heavy atom. The summed E-state index contributed by atoms with van der Waals surface area (Å²) >= 11 is 0. The lowest BCUT2D eigenvalue weighted by molar-refractivity contribution is -0.122. The summed E-state index contributed by atoms with van der Waals surface area (Å²) in [6, 6.07) is 27.1. The third-order valence-electron chi connectivity index (χ3n) is 5.38. The third kappa shape index (κ3) is 5.78. The van der Waals surface area contributed by atoms with Gasteiger partial charge in [-0.25, -0.2) is 9.97 Å². The zero-order chi connectivity index (χ0) is 23.9. The van der Waals surface area contributed by atoms with Crippen LogP contribution in [0, 0.1) is 0 Å². The molecule has 0 saturated heterocycles. The maximum Gasteiger partial charge on any atom is 0.265 e. The van der Waals surface area contributed by atoms with Crippen molar-refractivity contribution in [1.82, 2.24) is 9.97 Å². The molecule has 0 aliphatic rings. The number of rotatable bonds is 8. The molecule has 0 radical (unpaired) electrons. The van der Waals surface area contributed by atoms with E-state index in [4.69, 9.17) is 4.74 Å². The zero-order valence-electron chi connectivity index (χ0n) is 19.5. The monoisotopic (exact) mass is 452 g/mol. The first kappa shape index (κ1) is 23.0. The maximum atomic E-state index is 12.7. The zero-order valence-corrected chi connectivity index (χ0v) is 19.5. The highest BCUT2D eigenvalue weighted by molar-refractivity contribution is 5.94. The van der Waals surface area contributed by atoms with Gasteiger partial charge in [0.1, 0.15) is 17.9 Å². The summed E-state index contributed by atoms with van der Waals surface area (Å²) in [6.45, 7) is 5.96. The van der Waals surface area contributed by atoms with Gasteiger partial charge in [0.2, 0.25) is 0 Å². The molecule has 34 heavy (non-hydrogen) atoms. The van der Waals surface area contributed by atoms with Crippen molar-refractivity contribution in [3.05, 3.63) is 96.8 Å². The van der Waals surface area contributed by atoms with Gasteiger partial charge in [-0.2, -0.15) is 0 Å². The number of anilines is 3. The fraction of sp³-hybridized carbons (Fsp3) is 0.179. The van der Waals surface area contributed by atoms with Crippen LogP contribution in [0.15, 0.2) is 91.3 Å². The molecule has 0 bridgehead atoms. The van der Waals surface area contributed by atoms with Crippen LogP contribution < -0.4 is 15.4 Å². The number of benzene rings is 3. The van der Waals surface area contributed by atoms with Gasteiger partial charge in [-0.05, 0) is 48.7 Å². The molecule has 1 atom stereocenters. The molecule has 4 rings (SSSR count). The average molecular weight is 453 g/mol. The molecule has 0 spiro atoms. The molecule has 0 aliphatic carbocycles. The SMILES string of the molecule is CC(Oc1ccccc1C(C)C)C(=O)Nc1ccc(Nc2cc(-c3ccccc3)ncn2)cc1. The van der Waals surface area contributed by atoms with Gasteiger partial charge in [-0.1, -0.05) is 62.4 Å². The molecular formula is C28H28N4O2. The van der Waals surface area contributed by atoms with Gasteiger partial charge >= 0.3 is 0 Å². The molecule has 2 N–H and O–H groups in total. The van der Waals surface area contributed by atoms with E-state index in [0.717, 1.165) is 28.3 Å². The van der Waals surface area contributed by atoms with Crippen LogP contribution in [0.1, 0.15) is 32.3 Å². The maximum absolute atomic E-state index is 12.7. The second-order valence-corrected chi connectivity index (χ2v) is 8.30. The summed E-state index contributed by atoms with van der Waals surface area (Å²) in [6.07, 6.45) is 0.910. The van der Waals surface area contributed by atoms with Crippen molar-refractivity contribution in [3.8, 4) is 17.0 Å². The number of amides is 1. The van der Waals surface area contributed by atoms with Crippen molar-refractivity contribution >= 4 is 23.1 Å². The Labute approximate surface area is 200 Å². The first-order valence-electron chi connectivity index (χ1n) is 11.3. The number of hydrogen-bond donors (Lipinski definition) is 2. The summed E-state index contributed by atoms with van der Waals surface area (Å²) in [5.74, 6) is 1.53. The highest BCUT2D eigenvalue weighted by Gasteiger charge is 2.17. The topological polar surface area (TPSA) is 76.1 Å². The lowest BCUT2D eigenvalue weighted by Crippen LogP contribution is -2.30. The van der Waals surface area contributed by atoms with Gasteiger partial charge in [0.25, 0.3) is 5.91 Å². The minimum Gasteiger partial charge on any atom is -0.481 e. The largest absolute Gasteiger partial charge is 0.481 e. The minimum absolute atomic E-state index is 0.206. The number of nitrogens with one attached hydrogen (secondary N) is 2. The Morgan fingerprint density at radius 2 is 1.50 bits per heavy atom. The standard InChI is InChI=1S/C28H28N4O2/c1-19(2)24-11-7-8-12-26(24)34-20(3)28(33)32-23-15-13-22(14-16-23)31-27-17-25(29-18-30-27)21-9-5-4-6-10-21/h4-20H,1-3H3,(H,32,33)(H,29,30,31). The van der Waals surface area contributed by atoms with Gasteiger partial charge in [0.05, 0.1) is 5.69 Å². The molecule has 0 aliphatic heterocycles. The number of carbonyl (C=O) groups excluding carboxylic acids is 1. The molecule has 1 heterocycles. The van der Waals surface area contributed by atoms with Crippen LogP contribution in [-0.4, -0.2) is 22.0 Å². The van der Waals surface area contributed by atoms with E-state index in [-0.39, 0.29) is 5.91 Å². The van der Waals surface area contributed by atoms with Crippen molar-refractivity contribution in [2.45, 2.75) is 32.8 Å². The second-order valence-electron chi connectivity index (χ2n) is 8.30. The molecule has 4 aromatic rings. The fourth-order valence-electron chi connectivity index (χ4n) is 3.53. The molecule has 0 fully saturated rings. The van der Waals surface area contributed by atoms with E-state index >= 15 is 0 Å². The highest BCUT2D eigenvalue weighted by Crippen LogP contribution is 2.27. The quantitative estimate of drug-likeness (QED) is 0.323. The molecule has 6 heteroatoms. The summed E-state index contributed by atoms with van der Waals surface area (Å²) in [4.78, 5) is 21.3. The number of hydrogen-bond acceptors (Lipinski definition) is 5. The van der Waals surface area contributed by atoms with E-state index in [1.54, 1.807) is 6.92 Å². The van der Waals surface area contributed by atoms with Gasteiger partial charge < -0.3 is 15.4 Å². The van der Waals surface area contributed by atoms with Crippen molar-refractivity contribution in [1.29, 1.82) is 0 Å². The Hall–Kier alpha value is -4.19. The lowest BCUT2D eigenvalue weighted by atomic mass is 10.0. The highest BCUT2D eigenvalue weighted by atomic mass is 16.5. The molecule has 6 nitrogen and oxygen atoms in total. The molecule has 172 valence electrons. The Balaban J connectivity index is 1.37. The number of ether oxygens (including phenoxy) is 1. The molecular weight excluding hydrogens is 424 g/mol. The van der Waals surface area contributed by atoms with Crippen LogP contribution in [-0.2, 0) is 4.79 Å². The Kier molecular flexibility index (Phi) is 7.18. The van der Waals surface area contributed by atoms with E-state index in [9.17, 15) is 4.79 Å². The van der Waals surface area contributed by atoms with Crippen molar-refractivity contribution in [2.24, 2.45) is 0 Å². The molecule has 3 aromatic carbocycles. The van der Waals surface area contributed by atoms with Crippen LogP contribution in [0.3, 0.4) is 0 Å². The average Bonchev–Trinajstić information content (AvgIpc) is 2.86. The van der Waals surface area contributed by atoms with Gasteiger partial charge in [0.15, 0.2) is 6.10 Å². The van der Waals surface area contributed by atoms with Crippen molar-refractivity contribution in [2.75, 3.05) is 10.6 Å². The van der Waals surface area contributed by atoms with Crippen LogP contribution in [0.4, 0.5) is 17.2 Å². The summed E-state index contributed by atoms with van der Waals surface area (Å²) in [7, 11) is 0. The number of para-hydroxylation sites is 1. The third-order valence-corrected chi connectivity index (χ3v) is 5.38. The molecule has 0 saturated carbocycles. The molecule has 1 aromatic heterocycles. The first-order valence-corrected chi connectivity index (χ1v) is 11.3. The molecule has 1 amide bonds. The second kappa shape index (κ2) is 10.6. The van der Waals surface area contributed by atoms with E-state index in [1.807, 2.05) is 84.9 Å².